The van der Waals surface area contributed by atoms with Crippen molar-refractivity contribution in [2.24, 2.45) is 9.98 Å². The third-order valence-corrected chi connectivity index (χ3v) is 8.55. The van der Waals surface area contributed by atoms with Gasteiger partial charge in [-0.25, -0.2) is 31.9 Å². The second kappa shape index (κ2) is 18.1. The van der Waals surface area contributed by atoms with Gasteiger partial charge in [-0.15, -0.1) is 0 Å². The minimum atomic E-state index is -2.25. The van der Waals surface area contributed by atoms with E-state index in [4.69, 9.17) is 36.8 Å². The summed E-state index contributed by atoms with van der Waals surface area (Å²) in [7, 11) is 9.53. The molecule has 1 heterocycles. The summed E-state index contributed by atoms with van der Waals surface area (Å²) in [6.07, 6.45) is 0.445. The molecule has 4 aromatic rings. The summed E-state index contributed by atoms with van der Waals surface area (Å²) in [6, 6.07) is 19.0. The van der Waals surface area contributed by atoms with E-state index < -0.39 is 40.5 Å². The molecule has 0 radical (unpaired) electrons. The first-order chi connectivity index (χ1) is 24.2. The van der Waals surface area contributed by atoms with E-state index >= 15 is 8.78 Å². The third-order valence-electron chi connectivity index (χ3n) is 8.26. The van der Waals surface area contributed by atoms with Gasteiger partial charge in [0.2, 0.25) is 5.82 Å². The SMILES string of the molecule is Cc1cc(C)c(N=C(c2c(F)c(F)c(F)c(F)c2F)N2[CH-]N(C(=Nc3c(C(C)C)cccc3C(C)C)c3ccccc3)CCC2)c(Cl)c1.[Cl][Fe+][Cl]. The molecule has 4 aromatic carbocycles. The second-order valence-corrected chi connectivity index (χ2v) is 14.8. The van der Waals surface area contributed by atoms with Gasteiger partial charge in [-0.05, 0) is 73.5 Å². The normalized spacial score (nSPS) is 14.0. The number of benzene rings is 4. The fourth-order valence-electron chi connectivity index (χ4n) is 5.87. The molecule has 0 aromatic heterocycles. The molecule has 5 rings (SSSR count). The summed E-state index contributed by atoms with van der Waals surface area (Å²) in [6.45, 7) is 14.1. The fraction of sp³-hybridized carbons (Fsp3) is 0.289. The van der Waals surface area contributed by atoms with Gasteiger partial charge in [-0.1, -0.05) is 93.9 Å². The molecular formula is C38H37Cl3F5FeN4. The number of nitrogens with zero attached hydrogens (tertiary/aromatic N) is 4. The van der Waals surface area contributed by atoms with Crippen LogP contribution in [0, 0.1) is 49.6 Å². The Balaban J connectivity index is 0.00000188. The third kappa shape index (κ3) is 9.27. The van der Waals surface area contributed by atoms with E-state index in [1.165, 1.54) is 4.90 Å². The van der Waals surface area contributed by atoms with Crippen LogP contribution in [0.2, 0.25) is 5.02 Å². The standard InChI is InChI=1S/C38H37ClF5N4.2ClH.Fe/c1-21(2)26-14-10-15-27(22(3)4)36(26)46-37(25-12-8-7-9-13-25)47-16-11-17-48(20-47)38(45-35-24(6)18-23(5)19-28(35)39)29-30(40)32(42)34(44)33(43)31(29)41;;;/h7-10,12-15,18-22H,11,16-17H2,1-6H3;2*1H;/q-1;;;+3/p-2. The number of rotatable bonds is 6. The zero-order valence-electron chi connectivity index (χ0n) is 28.8. The van der Waals surface area contributed by atoms with Crippen LogP contribution in [0.5, 0.6) is 0 Å². The van der Waals surface area contributed by atoms with Crippen LogP contribution in [-0.4, -0.2) is 34.6 Å². The maximum absolute atomic E-state index is 15.5. The van der Waals surface area contributed by atoms with Crippen LogP contribution < -0.4 is 0 Å². The van der Waals surface area contributed by atoms with Crippen molar-refractivity contribution in [1.82, 2.24) is 9.80 Å². The van der Waals surface area contributed by atoms with E-state index in [-0.39, 0.29) is 42.2 Å². The number of hydrogen-bond acceptors (Lipinski definition) is 2. The fourth-order valence-corrected chi connectivity index (χ4v) is 6.23. The Labute approximate surface area is 315 Å². The molecule has 0 saturated carbocycles. The van der Waals surface area contributed by atoms with E-state index in [0.29, 0.717) is 24.4 Å². The van der Waals surface area contributed by atoms with Gasteiger partial charge in [0.05, 0.1) is 22.0 Å². The van der Waals surface area contributed by atoms with Gasteiger partial charge in [0, 0.05) is 5.56 Å². The van der Waals surface area contributed by atoms with Crippen LogP contribution >= 0.6 is 31.8 Å². The number of para-hydroxylation sites is 1. The van der Waals surface area contributed by atoms with Crippen molar-refractivity contribution in [2.45, 2.75) is 59.8 Å². The zero-order valence-corrected chi connectivity index (χ0v) is 32.2. The Hall–Kier alpha value is -3.14. The van der Waals surface area contributed by atoms with E-state index in [1.807, 2.05) is 60.4 Å². The van der Waals surface area contributed by atoms with Gasteiger partial charge < -0.3 is 9.80 Å². The summed E-state index contributed by atoms with van der Waals surface area (Å²) >= 11 is 6.74. The molecule has 1 fully saturated rings. The average Bonchev–Trinajstić information content (AvgIpc) is 3.10. The Morgan fingerprint density at radius 2 is 1.20 bits per heavy atom. The first kappa shape index (κ1) is 40.6. The van der Waals surface area contributed by atoms with Crippen molar-refractivity contribution >= 4 is 54.8 Å². The summed E-state index contributed by atoms with van der Waals surface area (Å²) in [5.74, 6) is -9.93. The maximum atomic E-state index is 15.5. The van der Waals surface area contributed by atoms with Crippen LogP contribution in [-0.2, 0) is 13.1 Å². The van der Waals surface area contributed by atoms with E-state index in [0.717, 1.165) is 27.9 Å². The average molecular weight is 807 g/mol. The molecule has 1 aliphatic rings. The molecule has 0 bridgehead atoms. The predicted molar refractivity (Wildman–Crippen MR) is 195 cm³/mol. The quantitative estimate of drug-likeness (QED) is 0.0370. The van der Waals surface area contributed by atoms with Gasteiger partial charge in [0.25, 0.3) is 0 Å². The van der Waals surface area contributed by atoms with Crippen LogP contribution in [0.15, 0.2) is 70.6 Å². The van der Waals surface area contributed by atoms with Crippen molar-refractivity contribution in [1.29, 1.82) is 0 Å². The van der Waals surface area contributed by atoms with Crippen molar-refractivity contribution in [3.05, 3.63) is 135 Å². The minimum absolute atomic E-state index is 0.149. The van der Waals surface area contributed by atoms with Gasteiger partial charge in [0.1, 0.15) is 11.7 Å². The predicted octanol–water partition coefficient (Wildman–Crippen LogP) is 12.3. The number of halogens is 8. The van der Waals surface area contributed by atoms with Gasteiger partial charge >= 0.3 is 33.3 Å². The summed E-state index contributed by atoms with van der Waals surface area (Å²) in [5.41, 5.74) is 4.08. The van der Waals surface area contributed by atoms with Crippen molar-refractivity contribution < 1.29 is 35.1 Å². The second-order valence-electron chi connectivity index (χ2n) is 12.6. The molecule has 0 aliphatic carbocycles. The molecule has 0 unspecified atom stereocenters. The van der Waals surface area contributed by atoms with Crippen molar-refractivity contribution in [3.8, 4) is 0 Å². The first-order valence-electron chi connectivity index (χ1n) is 16.1. The van der Waals surface area contributed by atoms with Crippen LogP contribution in [0.3, 0.4) is 0 Å². The molecule has 273 valence electrons. The van der Waals surface area contributed by atoms with Gasteiger partial charge in [0.15, 0.2) is 23.3 Å². The van der Waals surface area contributed by atoms with Crippen molar-refractivity contribution in [3.63, 3.8) is 0 Å². The molecular weight excluding hydrogens is 770 g/mol. The Bertz CT molecular complexity index is 1840. The Morgan fingerprint density at radius 3 is 1.71 bits per heavy atom. The molecule has 51 heavy (non-hydrogen) atoms. The van der Waals surface area contributed by atoms with E-state index in [2.05, 4.69) is 32.7 Å². The number of aliphatic imine (C=N–C) groups is 2. The summed E-state index contributed by atoms with van der Waals surface area (Å²) in [4.78, 5) is 13.0. The molecule has 1 saturated heterocycles. The number of hydrogen-bond donors (Lipinski definition) is 0. The molecule has 4 nitrogen and oxygen atoms in total. The Morgan fingerprint density at radius 1 is 0.706 bits per heavy atom. The molecule has 1 aliphatic heterocycles. The van der Waals surface area contributed by atoms with Gasteiger partial charge in [-0.3, -0.25) is 0 Å². The van der Waals surface area contributed by atoms with Gasteiger partial charge in [-0.2, -0.15) is 6.67 Å². The number of aryl methyl sites for hydroxylation is 2. The molecule has 13 heteroatoms. The summed E-state index contributed by atoms with van der Waals surface area (Å²) < 4.78 is 74.5. The number of amidine groups is 2. The zero-order chi connectivity index (χ0) is 37.6. The van der Waals surface area contributed by atoms with E-state index in [1.54, 1.807) is 25.7 Å². The molecule has 0 amide bonds. The van der Waals surface area contributed by atoms with Crippen LogP contribution in [0.4, 0.5) is 33.3 Å². The van der Waals surface area contributed by atoms with Crippen LogP contribution in [0.1, 0.15) is 79.3 Å². The first-order valence-corrected chi connectivity index (χ1v) is 19.5. The Kier molecular flexibility index (Phi) is 14.4. The summed E-state index contributed by atoms with van der Waals surface area (Å²) in [5, 5.41) is 0.167. The monoisotopic (exact) mass is 805 g/mol. The molecule has 0 atom stereocenters. The van der Waals surface area contributed by atoms with Crippen molar-refractivity contribution in [2.75, 3.05) is 13.1 Å². The van der Waals surface area contributed by atoms with E-state index in [9.17, 15) is 13.2 Å². The van der Waals surface area contributed by atoms with Crippen LogP contribution in [0.25, 0.3) is 0 Å². The topological polar surface area (TPSA) is 31.2 Å². The molecule has 0 N–H and O–H groups in total. The molecule has 0 spiro atoms.